The standard InChI is InChI=1S/C25H30N2O4/c1-17-8-9-18(2)20(16-17)22(28)10-11-24(29)27-14-12-19(13-15-27)25(30)26-21-6-4-5-7-23(21)31-3/h4-9,16,19H,10-15H2,1-3H3,(H,26,30). The van der Waals surface area contributed by atoms with Crippen molar-refractivity contribution < 1.29 is 19.1 Å². The summed E-state index contributed by atoms with van der Waals surface area (Å²) in [7, 11) is 1.57. The highest BCUT2D eigenvalue weighted by Gasteiger charge is 2.28. The van der Waals surface area contributed by atoms with Gasteiger partial charge < -0.3 is 15.0 Å². The van der Waals surface area contributed by atoms with E-state index in [9.17, 15) is 14.4 Å². The molecule has 0 aromatic heterocycles. The van der Waals surface area contributed by atoms with E-state index in [2.05, 4.69) is 5.32 Å². The van der Waals surface area contributed by atoms with Crippen LogP contribution in [0.2, 0.25) is 0 Å². The highest BCUT2D eigenvalue weighted by molar-refractivity contribution is 5.99. The number of ether oxygens (including phenoxy) is 1. The predicted octanol–water partition coefficient (Wildman–Crippen LogP) is 4.15. The van der Waals surface area contributed by atoms with Crippen molar-refractivity contribution in [2.24, 2.45) is 5.92 Å². The minimum absolute atomic E-state index is 0.000576. The summed E-state index contributed by atoms with van der Waals surface area (Å²) in [5.74, 6) is 0.395. The molecule has 2 aromatic rings. The van der Waals surface area contributed by atoms with Crippen LogP contribution in [0.3, 0.4) is 0 Å². The second-order valence-corrected chi connectivity index (χ2v) is 8.09. The molecule has 0 spiro atoms. The Balaban J connectivity index is 1.47. The van der Waals surface area contributed by atoms with Gasteiger partial charge in [-0.1, -0.05) is 29.8 Å². The van der Waals surface area contributed by atoms with Crippen LogP contribution in [0.5, 0.6) is 5.75 Å². The van der Waals surface area contributed by atoms with Crippen LogP contribution < -0.4 is 10.1 Å². The second-order valence-electron chi connectivity index (χ2n) is 8.09. The molecule has 2 aromatic carbocycles. The van der Waals surface area contributed by atoms with Gasteiger partial charge in [-0.2, -0.15) is 0 Å². The molecule has 1 N–H and O–H groups in total. The van der Waals surface area contributed by atoms with Crippen molar-refractivity contribution in [3.05, 3.63) is 59.2 Å². The Kier molecular flexibility index (Phi) is 7.45. The molecule has 1 aliphatic heterocycles. The van der Waals surface area contributed by atoms with Gasteiger partial charge in [-0.05, 0) is 50.5 Å². The summed E-state index contributed by atoms with van der Waals surface area (Å²) in [6.07, 6.45) is 1.62. The van der Waals surface area contributed by atoms with Crippen molar-refractivity contribution in [1.82, 2.24) is 4.90 Å². The largest absolute Gasteiger partial charge is 0.495 e. The van der Waals surface area contributed by atoms with Gasteiger partial charge in [0.25, 0.3) is 0 Å². The van der Waals surface area contributed by atoms with Crippen molar-refractivity contribution in [2.75, 3.05) is 25.5 Å². The van der Waals surface area contributed by atoms with E-state index in [1.54, 1.807) is 18.1 Å². The Morgan fingerprint density at radius 3 is 2.45 bits per heavy atom. The van der Waals surface area contributed by atoms with Crippen molar-refractivity contribution >= 4 is 23.3 Å². The van der Waals surface area contributed by atoms with E-state index in [-0.39, 0.29) is 36.4 Å². The lowest BCUT2D eigenvalue weighted by atomic mass is 9.95. The number of anilines is 1. The fourth-order valence-electron chi connectivity index (χ4n) is 3.92. The SMILES string of the molecule is COc1ccccc1NC(=O)C1CCN(C(=O)CCC(=O)c2cc(C)ccc2C)CC1. The molecule has 1 heterocycles. The second kappa shape index (κ2) is 10.2. The summed E-state index contributed by atoms with van der Waals surface area (Å²) >= 11 is 0. The lowest BCUT2D eigenvalue weighted by molar-refractivity contribution is -0.134. The predicted molar refractivity (Wildman–Crippen MR) is 120 cm³/mol. The molecule has 6 heteroatoms. The maximum absolute atomic E-state index is 12.6. The third-order valence-corrected chi connectivity index (χ3v) is 5.84. The molecule has 0 bridgehead atoms. The van der Waals surface area contributed by atoms with Gasteiger partial charge in [-0.15, -0.1) is 0 Å². The number of likely N-dealkylation sites (tertiary alicyclic amines) is 1. The number of carbonyl (C=O) groups excluding carboxylic acids is 3. The average Bonchev–Trinajstić information content (AvgIpc) is 2.79. The molecule has 164 valence electrons. The number of Topliss-reactive ketones (excluding diaryl/α,β-unsaturated/α-hetero) is 1. The Morgan fingerprint density at radius 2 is 1.74 bits per heavy atom. The first-order valence-corrected chi connectivity index (χ1v) is 10.7. The Morgan fingerprint density at radius 1 is 1.03 bits per heavy atom. The number of methoxy groups -OCH3 is 1. The zero-order chi connectivity index (χ0) is 22.4. The molecule has 0 unspecified atom stereocenters. The van der Waals surface area contributed by atoms with E-state index in [1.807, 2.05) is 50.2 Å². The number of hydrogen-bond acceptors (Lipinski definition) is 4. The maximum atomic E-state index is 12.6. The number of rotatable bonds is 7. The van der Waals surface area contributed by atoms with Crippen LogP contribution in [0.4, 0.5) is 5.69 Å². The number of nitrogens with zero attached hydrogens (tertiary/aromatic N) is 1. The van der Waals surface area contributed by atoms with E-state index >= 15 is 0 Å². The van der Waals surface area contributed by atoms with Gasteiger partial charge >= 0.3 is 0 Å². The summed E-state index contributed by atoms with van der Waals surface area (Å²) < 4.78 is 5.28. The fourth-order valence-corrected chi connectivity index (χ4v) is 3.92. The zero-order valence-corrected chi connectivity index (χ0v) is 18.4. The quantitative estimate of drug-likeness (QED) is 0.680. The first kappa shape index (κ1) is 22.5. The number of benzene rings is 2. The minimum Gasteiger partial charge on any atom is -0.495 e. The Hall–Kier alpha value is -3.15. The summed E-state index contributed by atoms with van der Waals surface area (Å²) in [5.41, 5.74) is 3.32. The molecule has 1 saturated heterocycles. The molecule has 2 amide bonds. The van der Waals surface area contributed by atoms with Gasteiger partial charge in [-0.25, -0.2) is 0 Å². The number of hydrogen-bond donors (Lipinski definition) is 1. The molecule has 1 fully saturated rings. The van der Waals surface area contributed by atoms with Crippen molar-refractivity contribution in [1.29, 1.82) is 0 Å². The Bertz CT molecular complexity index is 962. The van der Waals surface area contributed by atoms with E-state index in [0.29, 0.717) is 42.9 Å². The van der Waals surface area contributed by atoms with Crippen LogP contribution in [0.1, 0.15) is 47.2 Å². The lowest BCUT2D eigenvalue weighted by Crippen LogP contribution is -2.41. The van der Waals surface area contributed by atoms with Crippen molar-refractivity contribution in [2.45, 2.75) is 39.5 Å². The number of amides is 2. The highest BCUT2D eigenvalue weighted by atomic mass is 16.5. The van der Waals surface area contributed by atoms with Crippen LogP contribution >= 0.6 is 0 Å². The third-order valence-electron chi connectivity index (χ3n) is 5.84. The third kappa shape index (κ3) is 5.72. The molecule has 1 aliphatic rings. The van der Waals surface area contributed by atoms with Gasteiger partial charge in [0.1, 0.15) is 5.75 Å². The number of carbonyl (C=O) groups is 3. The molecule has 0 aliphatic carbocycles. The normalized spacial score (nSPS) is 14.2. The van der Waals surface area contributed by atoms with Crippen LogP contribution in [0.25, 0.3) is 0 Å². The molecule has 31 heavy (non-hydrogen) atoms. The summed E-state index contributed by atoms with van der Waals surface area (Å²) in [6, 6.07) is 13.1. The first-order chi connectivity index (χ1) is 14.9. The number of piperidine rings is 1. The molecular weight excluding hydrogens is 392 g/mol. The highest BCUT2D eigenvalue weighted by Crippen LogP contribution is 2.26. The Labute approximate surface area is 183 Å². The zero-order valence-electron chi connectivity index (χ0n) is 18.4. The van der Waals surface area contributed by atoms with Gasteiger partial charge in [0.05, 0.1) is 12.8 Å². The molecule has 3 rings (SSSR count). The number of nitrogens with one attached hydrogen (secondary N) is 1. The van der Waals surface area contributed by atoms with E-state index in [4.69, 9.17) is 4.74 Å². The lowest BCUT2D eigenvalue weighted by Gasteiger charge is -2.31. The summed E-state index contributed by atoms with van der Waals surface area (Å²) in [6.45, 7) is 4.92. The van der Waals surface area contributed by atoms with Gasteiger partial charge in [0, 0.05) is 37.4 Å². The van der Waals surface area contributed by atoms with Gasteiger partial charge in [0.15, 0.2) is 5.78 Å². The van der Waals surface area contributed by atoms with E-state index in [1.165, 1.54) is 0 Å². The van der Waals surface area contributed by atoms with Crippen LogP contribution in [0.15, 0.2) is 42.5 Å². The molecule has 6 nitrogen and oxygen atoms in total. The van der Waals surface area contributed by atoms with Crippen LogP contribution in [0, 0.1) is 19.8 Å². The van der Waals surface area contributed by atoms with Crippen molar-refractivity contribution in [3.8, 4) is 5.75 Å². The molecule has 0 atom stereocenters. The molecule has 0 radical (unpaired) electrons. The summed E-state index contributed by atoms with van der Waals surface area (Å²) in [5, 5.41) is 2.93. The molecular formula is C25H30N2O4. The number of aryl methyl sites for hydroxylation is 2. The topological polar surface area (TPSA) is 75.7 Å². The first-order valence-electron chi connectivity index (χ1n) is 10.7. The minimum atomic E-state index is -0.148. The monoisotopic (exact) mass is 422 g/mol. The van der Waals surface area contributed by atoms with Crippen LogP contribution in [-0.2, 0) is 9.59 Å². The van der Waals surface area contributed by atoms with E-state index in [0.717, 1.165) is 11.1 Å². The molecule has 0 saturated carbocycles. The average molecular weight is 423 g/mol. The fraction of sp³-hybridized carbons (Fsp3) is 0.400. The van der Waals surface area contributed by atoms with E-state index < -0.39 is 0 Å². The van der Waals surface area contributed by atoms with Crippen molar-refractivity contribution in [3.63, 3.8) is 0 Å². The van der Waals surface area contributed by atoms with Crippen LogP contribution in [-0.4, -0.2) is 42.7 Å². The van der Waals surface area contributed by atoms with Gasteiger partial charge in [0.2, 0.25) is 11.8 Å². The maximum Gasteiger partial charge on any atom is 0.227 e. The number of para-hydroxylation sites is 2. The smallest absolute Gasteiger partial charge is 0.227 e. The number of ketones is 1. The summed E-state index contributed by atoms with van der Waals surface area (Å²) in [4.78, 5) is 39.5. The van der Waals surface area contributed by atoms with Gasteiger partial charge in [-0.3, -0.25) is 14.4 Å².